The van der Waals surface area contributed by atoms with Crippen LogP contribution in [0.25, 0.3) is 0 Å². The van der Waals surface area contributed by atoms with E-state index in [0.717, 1.165) is 24.5 Å². The van der Waals surface area contributed by atoms with Gasteiger partial charge in [-0.25, -0.2) is 5.21 Å². The number of imide groups is 1. The van der Waals surface area contributed by atoms with Gasteiger partial charge in [0, 0.05) is 51.6 Å². The zero-order valence-electron chi connectivity index (χ0n) is 16.7. The first kappa shape index (κ1) is 20.0. The first-order chi connectivity index (χ1) is 14.5. The summed E-state index contributed by atoms with van der Waals surface area (Å²) >= 11 is 0. The summed E-state index contributed by atoms with van der Waals surface area (Å²) < 4.78 is 0. The Morgan fingerprint density at radius 3 is 2.20 bits per heavy atom. The van der Waals surface area contributed by atoms with Gasteiger partial charge in [0.15, 0.2) is 0 Å². The number of nitrogens with zero attached hydrogens (tertiary/aromatic N) is 4. The van der Waals surface area contributed by atoms with Gasteiger partial charge in [-0.3, -0.25) is 19.4 Å². The van der Waals surface area contributed by atoms with Gasteiger partial charge in [-0.15, -0.1) is 0 Å². The molecule has 2 fully saturated rings. The molecule has 156 valence electrons. The van der Waals surface area contributed by atoms with Crippen molar-refractivity contribution in [1.82, 2.24) is 4.90 Å². The van der Waals surface area contributed by atoms with E-state index >= 15 is 0 Å². The molecule has 8 nitrogen and oxygen atoms in total. The van der Waals surface area contributed by atoms with Crippen molar-refractivity contribution in [2.45, 2.75) is 25.8 Å². The molecule has 1 N–H and O–H groups in total. The Morgan fingerprint density at radius 2 is 1.57 bits per heavy atom. The number of piperazine rings is 1. The second-order valence-corrected chi connectivity index (χ2v) is 7.67. The largest absolute Gasteiger partial charge is 0.363 e. The molecule has 2 aliphatic rings. The zero-order chi connectivity index (χ0) is 21.1. The van der Waals surface area contributed by atoms with Gasteiger partial charge >= 0.3 is 5.69 Å². The molecule has 2 heterocycles. The van der Waals surface area contributed by atoms with E-state index < -0.39 is 0 Å². The minimum atomic E-state index is -0.283. The maximum absolute atomic E-state index is 12.2. The molecule has 2 saturated heterocycles. The van der Waals surface area contributed by atoms with Gasteiger partial charge in [0.1, 0.15) is 5.69 Å². The number of hydrogen-bond donors (Lipinski definition) is 1. The van der Waals surface area contributed by atoms with Crippen LogP contribution >= 0.6 is 0 Å². The molecule has 8 heteroatoms. The molecular weight excluding hydrogens is 384 g/mol. The van der Waals surface area contributed by atoms with E-state index in [9.17, 15) is 19.7 Å². The quantitative estimate of drug-likeness (QED) is 0.604. The highest BCUT2D eigenvalue weighted by Crippen LogP contribution is 2.34. The number of benzene rings is 2. The molecule has 2 aliphatic heterocycles. The summed E-state index contributed by atoms with van der Waals surface area (Å²) in [6.45, 7) is 3.92. The second-order valence-electron chi connectivity index (χ2n) is 7.67. The van der Waals surface area contributed by atoms with Gasteiger partial charge in [-0.2, -0.15) is 0 Å². The molecule has 0 unspecified atom stereocenters. The van der Waals surface area contributed by atoms with Crippen molar-refractivity contribution in [1.29, 1.82) is 0 Å². The van der Waals surface area contributed by atoms with Crippen LogP contribution in [0.3, 0.4) is 0 Å². The van der Waals surface area contributed by atoms with E-state index in [-0.39, 0.29) is 22.4 Å². The lowest BCUT2D eigenvalue weighted by molar-refractivity contribution is -0.729. The van der Waals surface area contributed by atoms with Crippen molar-refractivity contribution < 1.29 is 19.7 Å². The summed E-state index contributed by atoms with van der Waals surface area (Å²) in [6, 6.07) is 15.1. The van der Waals surface area contributed by atoms with E-state index in [1.165, 1.54) is 11.6 Å². The van der Waals surface area contributed by atoms with Crippen LogP contribution in [-0.4, -0.2) is 53.0 Å². The smallest absolute Gasteiger partial charge is 0.341 e. The SMILES string of the molecule is O=C1CCCC(=O)N1c1ccc(N2CCN(Cc3ccccc3)CC2)c([N+](=O)O)c1. The second kappa shape index (κ2) is 8.62. The lowest BCUT2D eigenvalue weighted by Crippen LogP contribution is -2.46. The predicted molar refractivity (Wildman–Crippen MR) is 112 cm³/mol. The molecule has 0 spiro atoms. The Labute approximate surface area is 174 Å². The van der Waals surface area contributed by atoms with Crippen molar-refractivity contribution >= 4 is 28.9 Å². The molecular formula is C22H25N4O4+. The zero-order valence-corrected chi connectivity index (χ0v) is 16.7. The van der Waals surface area contributed by atoms with Crippen LogP contribution in [0.1, 0.15) is 24.8 Å². The fraction of sp³-hybridized carbons (Fsp3) is 0.364. The first-order valence-electron chi connectivity index (χ1n) is 10.2. The molecule has 2 amide bonds. The minimum absolute atomic E-state index is 0.0372. The Balaban J connectivity index is 1.50. The first-order valence-corrected chi connectivity index (χ1v) is 10.2. The van der Waals surface area contributed by atoms with Gasteiger partial charge < -0.3 is 4.90 Å². The third-order valence-electron chi connectivity index (χ3n) is 5.67. The highest BCUT2D eigenvalue weighted by Gasteiger charge is 2.32. The minimum Gasteiger partial charge on any atom is -0.363 e. The molecule has 2 aromatic carbocycles. The standard InChI is InChI=1S/C22H25N4O4/c27-21-7-4-8-22(28)25(21)18-9-10-19(20(15-18)26(29)30)24-13-11-23(12-14-24)16-17-5-2-1-3-6-17/h1-3,5-6,9-10,15H,4,7-8,11-14,16H2,(H,29,30)/q+1. The van der Waals surface area contributed by atoms with Crippen LogP contribution in [0.4, 0.5) is 17.1 Å². The Morgan fingerprint density at radius 1 is 0.900 bits per heavy atom. The van der Waals surface area contributed by atoms with Crippen LogP contribution in [0, 0.1) is 4.91 Å². The normalized spacial score (nSPS) is 18.0. The summed E-state index contributed by atoms with van der Waals surface area (Å²) in [5, 5.41) is 9.69. The van der Waals surface area contributed by atoms with Gasteiger partial charge in [0.25, 0.3) is 4.92 Å². The molecule has 30 heavy (non-hydrogen) atoms. The lowest BCUT2D eigenvalue weighted by Gasteiger charge is -2.35. The average Bonchev–Trinajstić information content (AvgIpc) is 2.75. The summed E-state index contributed by atoms with van der Waals surface area (Å²) in [6.07, 6.45) is 1.14. The van der Waals surface area contributed by atoms with E-state index in [1.54, 1.807) is 12.1 Å². The summed E-state index contributed by atoms with van der Waals surface area (Å²) in [5.41, 5.74) is 2.21. The summed E-state index contributed by atoms with van der Waals surface area (Å²) in [7, 11) is 0. The molecule has 0 aromatic heterocycles. The van der Waals surface area contributed by atoms with Crippen molar-refractivity contribution in [2.75, 3.05) is 36.0 Å². The molecule has 0 radical (unpaired) electrons. The number of rotatable bonds is 5. The maximum atomic E-state index is 12.2. The van der Waals surface area contributed by atoms with Gasteiger partial charge in [0.2, 0.25) is 11.8 Å². The van der Waals surface area contributed by atoms with Gasteiger partial charge in [-0.05, 0) is 24.1 Å². The molecule has 0 aliphatic carbocycles. The number of carbonyl (C=O) groups excluding carboxylic acids is 2. The highest BCUT2D eigenvalue weighted by atomic mass is 16.6. The monoisotopic (exact) mass is 409 g/mol. The molecule has 2 aromatic rings. The van der Waals surface area contributed by atoms with Crippen molar-refractivity contribution in [3.63, 3.8) is 0 Å². The molecule has 0 atom stereocenters. The number of anilines is 2. The van der Waals surface area contributed by atoms with Crippen molar-refractivity contribution in [3.05, 3.63) is 59.0 Å². The fourth-order valence-corrected chi connectivity index (χ4v) is 4.10. The number of hydrogen-bond acceptors (Lipinski definition) is 5. The van der Waals surface area contributed by atoms with Gasteiger partial charge in [-0.1, -0.05) is 30.3 Å². The Bertz CT molecular complexity index is 939. The Hall–Kier alpha value is -3.26. The van der Waals surface area contributed by atoms with Crippen LogP contribution in [0.5, 0.6) is 0 Å². The van der Waals surface area contributed by atoms with E-state index in [0.29, 0.717) is 43.7 Å². The highest BCUT2D eigenvalue weighted by molar-refractivity contribution is 6.16. The van der Waals surface area contributed by atoms with Crippen LogP contribution in [-0.2, 0) is 16.1 Å². The number of carbonyl (C=O) groups is 2. The topological polar surface area (TPSA) is 84.2 Å². The number of amides is 2. The maximum Gasteiger partial charge on any atom is 0.341 e. The molecule has 0 saturated carbocycles. The predicted octanol–water partition coefficient (Wildman–Crippen LogP) is 2.85. The van der Waals surface area contributed by atoms with Crippen LogP contribution in [0.15, 0.2) is 48.5 Å². The molecule has 4 rings (SSSR count). The summed E-state index contributed by atoms with van der Waals surface area (Å²) in [5.74, 6) is -0.565. The summed E-state index contributed by atoms with van der Waals surface area (Å²) in [4.78, 5) is 41.6. The van der Waals surface area contributed by atoms with Crippen LogP contribution < -0.4 is 9.80 Å². The Kier molecular flexibility index (Phi) is 5.76. The lowest BCUT2D eigenvalue weighted by atomic mass is 10.1. The molecule has 0 bridgehead atoms. The van der Waals surface area contributed by atoms with E-state index in [4.69, 9.17) is 0 Å². The third kappa shape index (κ3) is 4.18. The number of piperidine rings is 1. The van der Waals surface area contributed by atoms with Crippen LogP contribution in [0.2, 0.25) is 0 Å². The average molecular weight is 409 g/mol. The van der Waals surface area contributed by atoms with Gasteiger partial charge in [0.05, 0.1) is 10.6 Å². The van der Waals surface area contributed by atoms with E-state index in [2.05, 4.69) is 17.0 Å². The van der Waals surface area contributed by atoms with E-state index in [1.807, 2.05) is 23.1 Å². The third-order valence-corrected chi connectivity index (χ3v) is 5.67. The van der Waals surface area contributed by atoms with Crippen molar-refractivity contribution in [3.8, 4) is 0 Å². The fourth-order valence-electron chi connectivity index (χ4n) is 4.10. The van der Waals surface area contributed by atoms with Crippen molar-refractivity contribution in [2.24, 2.45) is 0 Å².